The number of hydrogen-bond donors (Lipinski definition) is 3. The Morgan fingerprint density at radius 1 is 1.08 bits per heavy atom. The van der Waals surface area contributed by atoms with Crippen LogP contribution in [0.1, 0.15) is 39.2 Å². The number of methoxy groups -OCH3 is 2. The van der Waals surface area contributed by atoms with Gasteiger partial charge in [-0.15, -0.1) is 0 Å². The maximum absolute atomic E-state index is 10.4. The van der Waals surface area contributed by atoms with Crippen LogP contribution in [0.25, 0.3) is 0 Å². The van der Waals surface area contributed by atoms with E-state index in [-0.39, 0.29) is 0 Å². The molecule has 3 N–H and O–H groups in total. The second-order valence-electron chi connectivity index (χ2n) is 5.99. The number of nitrogens with zero attached hydrogens (tertiary/aromatic N) is 1. The standard InChI is InChI=1S/C19H33N3O3/c1-6-19(23,7-2)14-22-18(20-8-3)21-12-11-15-9-10-16(24-4)17(13-15)25-5/h9-10,13,23H,6-8,11-12,14H2,1-5H3,(H2,20,21,22). The first-order valence-corrected chi connectivity index (χ1v) is 8.97. The molecule has 0 unspecified atom stereocenters. The van der Waals surface area contributed by atoms with Gasteiger partial charge in [0.05, 0.1) is 26.4 Å². The van der Waals surface area contributed by atoms with Crippen molar-refractivity contribution in [1.82, 2.24) is 10.6 Å². The summed E-state index contributed by atoms with van der Waals surface area (Å²) in [6, 6.07) is 5.92. The number of nitrogens with one attached hydrogen (secondary N) is 2. The Labute approximate surface area is 151 Å². The Morgan fingerprint density at radius 2 is 1.76 bits per heavy atom. The highest BCUT2D eigenvalue weighted by molar-refractivity contribution is 5.79. The Hall–Kier alpha value is -1.95. The molecule has 0 atom stereocenters. The van der Waals surface area contributed by atoms with Crippen molar-refractivity contribution >= 4 is 5.96 Å². The molecule has 0 saturated heterocycles. The van der Waals surface area contributed by atoms with Crippen LogP contribution in [0.5, 0.6) is 11.5 Å². The molecule has 0 fully saturated rings. The topological polar surface area (TPSA) is 75.1 Å². The second kappa shape index (κ2) is 10.8. The van der Waals surface area contributed by atoms with Gasteiger partial charge in [0.25, 0.3) is 0 Å². The number of hydrogen-bond acceptors (Lipinski definition) is 4. The molecule has 6 nitrogen and oxygen atoms in total. The van der Waals surface area contributed by atoms with Gasteiger partial charge in [0.15, 0.2) is 17.5 Å². The van der Waals surface area contributed by atoms with Crippen molar-refractivity contribution in [2.75, 3.05) is 33.9 Å². The number of benzene rings is 1. The Bertz CT molecular complexity index is 543. The Morgan fingerprint density at radius 3 is 2.32 bits per heavy atom. The zero-order chi connectivity index (χ0) is 18.7. The summed E-state index contributed by atoms with van der Waals surface area (Å²) in [6.07, 6.45) is 2.21. The summed E-state index contributed by atoms with van der Waals surface area (Å²) in [6.45, 7) is 7.90. The molecule has 0 aliphatic carbocycles. The van der Waals surface area contributed by atoms with Crippen LogP contribution in [-0.2, 0) is 6.42 Å². The van der Waals surface area contributed by atoms with Crippen LogP contribution in [0.2, 0.25) is 0 Å². The van der Waals surface area contributed by atoms with Crippen molar-refractivity contribution in [2.24, 2.45) is 4.99 Å². The number of rotatable bonds is 10. The van der Waals surface area contributed by atoms with Crippen molar-refractivity contribution in [1.29, 1.82) is 0 Å². The van der Waals surface area contributed by atoms with Gasteiger partial charge in [0, 0.05) is 13.1 Å². The molecule has 0 spiro atoms. The summed E-state index contributed by atoms with van der Waals surface area (Å²) >= 11 is 0. The zero-order valence-electron chi connectivity index (χ0n) is 16.2. The van der Waals surface area contributed by atoms with Crippen molar-refractivity contribution in [3.8, 4) is 11.5 Å². The number of aliphatic hydroxyl groups is 1. The number of guanidine groups is 1. The quantitative estimate of drug-likeness (QED) is 0.446. The van der Waals surface area contributed by atoms with Crippen LogP contribution in [-0.4, -0.2) is 50.5 Å². The molecule has 1 rings (SSSR count). The predicted octanol–water partition coefficient (Wildman–Crippen LogP) is 2.35. The van der Waals surface area contributed by atoms with Gasteiger partial charge in [-0.3, -0.25) is 4.99 Å². The zero-order valence-corrected chi connectivity index (χ0v) is 16.2. The van der Waals surface area contributed by atoms with Crippen LogP contribution in [0.3, 0.4) is 0 Å². The van der Waals surface area contributed by atoms with E-state index in [9.17, 15) is 5.11 Å². The molecule has 0 amide bonds. The number of ether oxygens (including phenoxy) is 2. The van der Waals surface area contributed by atoms with Crippen LogP contribution >= 0.6 is 0 Å². The molecule has 0 aliphatic heterocycles. The molecule has 25 heavy (non-hydrogen) atoms. The molecule has 1 aromatic carbocycles. The van der Waals surface area contributed by atoms with E-state index in [0.29, 0.717) is 19.4 Å². The Kier molecular flexibility index (Phi) is 9.13. The lowest BCUT2D eigenvalue weighted by Gasteiger charge is -2.23. The van der Waals surface area contributed by atoms with E-state index < -0.39 is 5.60 Å². The summed E-state index contributed by atoms with van der Waals surface area (Å²) in [5.74, 6) is 2.19. The fourth-order valence-electron chi connectivity index (χ4n) is 2.40. The maximum Gasteiger partial charge on any atom is 0.191 e. The summed E-state index contributed by atoms with van der Waals surface area (Å²) in [5.41, 5.74) is 0.422. The van der Waals surface area contributed by atoms with Crippen molar-refractivity contribution in [2.45, 2.75) is 45.6 Å². The number of aliphatic imine (C=N–C) groups is 1. The molecule has 1 aromatic rings. The van der Waals surface area contributed by atoms with Crippen LogP contribution < -0.4 is 20.1 Å². The molecule has 0 heterocycles. The summed E-state index contributed by atoms with van der Waals surface area (Å²) < 4.78 is 10.6. The lowest BCUT2D eigenvalue weighted by Crippen LogP contribution is -2.40. The predicted molar refractivity (Wildman–Crippen MR) is 103 cm³/mol. The van der Waals surface area contributed by atoms with Gasteiger partial charge in [-0.2, -0.15) is 0 Å². The monoisotopic (exact) mass is 351 g/mol. The normalized spacial score (nSPS) is 12.0. The lowest BCUT2D eigenvalue weighted by molar-refractivity contribution is 0.0418. The third-order valence-corrected chi connectivity index (χ3v) is 4.35. The molecule has 0 aromatic heterocycles. The first-order chi connectivity index (χ1) is 12.0. The molecule has 0 saturated carbocycles. The molecule has 142 valence electrons. The van der Waals surface area contributed by atoms with Crippen molar-refractivity contribution < 1.29 is 14.6 Å². The summed E-state index contributed by atoms with van der Waals surface area (Å²) in [5, 5.41) is 16.9. The second-order valence-corrected chi connectivity index (χ2v) is 5.99. The van der Waals surface area contributed by atoms with E-state index in [1.54, 1.807) is 14.2 Å². The minimum Gasteiger partial charge on any atom is -0.493 e. The van der Waals surface area contributed by atoms with Crippen LogP contribution in [0.4, 0.5) is 0 Å². The highest BCUT2D eigenvalue weighted by Gasteiger charge is 2.21. The lowest BCUT2D eigenvalue weighted by atomic mass is 9.98. The summed E-state index contributed by atoms with van der Waals surface area (Å²) in [7, 11) is 3.27. The maximum atomic E-state index is 10.4. The van der Waals surface area contributed by atoms with Gasteiger partial charge in [0.2, 0.25) is 0 Å². The summed E-state index contributed by atoms with van der Waals surface area (Å²) in [4.78, 5) is 4.52. The van der Waals surface area contributed by atoms with E-state index in [0.717, 1.165) is 42.5 Å². The fraction of sp³-hybridized carbons (Fsp3) is 0.632. The van der Waals surface area contributed by atoms with Gasteiger partial charge in [-0.25, -0.2) is 0 Å². The van der Waals surface area contributed by atoms with Crippen LogP contribution in [0, 0.1) is 0 Å². The van der Waals surface area contributed by atoms with Gasteiger partial charge >= 0.3 is 0 Å². The minimum atomic E-state index is -0.730. The molecule has 0 bridgehead atoms. The van der Waals surface area contributed by atoms with Gasteiger partial charge < -0.3 is 25.2 Å². The average molecular weight is 351 g/mol. The third kappa shape index (κ3) is 6.82. The van der Waals surface area contributed by atoms with Crippen molar-refractivity contribution in [3.05, 3.63) is 23.8 Å². The average Bonchev–Trinajstić information content (AvgIpc) is 2.65. The largest absolute Gasteiger partial charge is 0.493 e. The molecular weight excluding hydrogens is 318 g/mol. The molecule has 6 heteroatoms. The van der Waals surface area contributed by atoms with E-state index in [1.807, 2.05) is 39.0 Å². The van der Waals surface area contributed by atoms with Crippen molar-refractivity contribution in [3.63, 3.8) is 0 Å². The van der Waals surface area contributed by atoms with Gasteiger partial charge in [0.1, 0.15) is 0 Å². The van der Waals surface area contributed by atoms with E-state index in [4.69, 9.17) is 9.47 Å². The Balaban J connectivity index is 2.63. The molecule has 0 radical (unpaired) electrons. The smallest absolute Gasteiger partial charge is 0.191 e. The van der Waals surface area contributed by atoms with E-state index in [2.05, 4.69) is 15.6 Å². The van der Waals surface area contributed by atoms with Gasteiger partial charge in [-0.05, 0) is 43.9 Å². The van der Waals surface area contributed by atoms with Crippen LogP contribution in [0.15, 0.2) is 23.2 Å². The third-order valence-electron chi connectivity index (χ3n) is 4.35. The minimum absolute atomic E-state index is 0.395. The first kappa shape index (κ1) is 21.1. The SMILES string of the molecule is CCNC(=NCC(O)(CC)CC)NCCc1ccc(OC)c(OC)c1. The van der Waals surface area contributed by atoms with E-state index in [1.165, 1.54) is 0 Å². The first-order valence-electron chi connectivity index (χ1n) is 8.97. The highest BCUT2D eigenvalue weighted by Crippen LogP contribution is 2.27. The van der Waals surface area contributed by atoms with Gasteiger partial charge in [-0.1, -0.05) is 19.9 Å². The van der Waals surface area contributed by atoms with E-state index >= 15 is 0 Å². The fourth-order valence-corrected chi connectivity index (χ4v) is 2.40. The molecule has 0 aliphatic rings. The highest BCUT2D eigenvalue weighted by atomic mass is 16.5. The molecular formula is C19H33N3O3.